The lowest BCUT2D eigenvalue weighted by atomic mass is 10.2. The lowest BCUT2D eigenvalue weighted by molar-refractivity contribution is -0.130. The van der Waals surface area contributed by atoms with Crippen molar-refractivity contribution in [1.82, 2.24) is 19.6 Å². The largest absolute Gasteiger partial charge is 0.341 e. The van der Waals surface area contributed by atoms with Crippen LogP contribution in [0, 0.1) is 0 Å². The number of hydrogen-bond donors (Lipinski definition) is 0. The highest BCUT2D eigenvalue weighted by Gasteiger charge is 2.31. The maximum absolute atomic E-state index is 12.6. The Morgan fingerprint density at radius 2 is 1.70 bits per heavy atom. The second-order valence-electron chi connectivity index (χ2n) is 9.28. The van der Waals surface area contributed by atoms with Gasteiger partial charge in [-0.15, -0.1) is 0 Å². The first kappa shape index (κ1) is 24.5. The standard InChI is InChI=1S/C25H34Cl2N4O2/c26-22-7-3-20(19-23(22)27)4-8-24(32)31-12-9-25(33)30(17-18-31)11-2-1-10-28-13-15-29(16-14-28)21-5-6-21/h3-4,7-8,19,21H,1-2,5-6,9-18H2. The molecule has 0 bridgehead atoms. The molecule has 0 aromatic heterocycles. The van der Waals surface area contributed by atoms with Crippen LogP contribution in [0.1, 0.15) is 37.7 Å². The molecule has 1 aromatic rings. The Hall–Kier alpha value is -1.60. The van der Waals surface area contributed by atoms with E-state index in [1.807, 2.05) is 11.0 Å². The van der Waals surface area contributed by atoms with Crippen molar-refractivity contribution in [2.45, 2.75) is 38.1 Å². The van der Waals surface area contributed by atoms with E-state index < -0.39 is 0 Å². The van der Waals surface area contributed by atoms with Gasteiger partial charge in [-0.05, 0) is 56.0 Å². The molecule has 8 heteroatoms. The van der Waals surface area contributed by atoms with Crippen molar-refractivity contribution in [1.29, 1.82) is 0 Å². The number of amides is 2. The first-order valence-corrected chi connectivity index (χ1v) is 12.9. The summed E-state index contributed by atoms with van der Waals surface area (Å²) in [5, 5.41) is 0.949. The molecule has 3 aliphatic rings. The van der Waals surface area contributed by atoms with Crippen molar-refractivity contribution in [3.63, 3.8) is 0 Å². The Balaban J connectivity index is 1.16. The van der Waals surface area contributed by atoms with E-state index in [9.17, 15) is 9.59 Å². The van der Waals surface area contributed by atoms with Crippen molar-refractivity contribution in [3.05, 3.63) is 39.9 Å². The molecular formula is C25H34Cl2N4O2. The molecule has 2 aliphatic heterocycles. The zero-order valence-corrected chi connectivity index (χ0v) is 20.7. The first-order valence-electron chi connectivity index (χ1n) is 12.2. The summed E-state index contributed by atoms with van der Waals surface area (Å²) in [6.45, 7) is 8.29. The van der Waals surface area contributed by atoms with Crippen LogP contribution in [0.15, 0.2) is 24.3 Å². The van der Waals surface area contributed by atoms with Crippen LogP contribution >= 0.6 is 23.2 Å². The smallest absolute Gasteiger partial charge is 0.246 e. The lowest BCUT2D eigenvalue weighted by Gasteiger charge is -2.34. The number of benzene rings is 1. The molecule has 1 aromatic carbocycles. The van der Waals surface area contributed by atoms with E-state index in [-0.39, 0.29) is 11.8 Å². The summed E-state index contributed by atoms with van der Waals surface area (Å²) in [4.78, 5) is 34.1. The molecule has 4 rings (SSSR count). The van der Waals surface area contributed by atoms with E-state index in [0.717, 1.165) is 37.5 Å². The summed E-state index contributed by atoms with van der Waals surface area (Å²) in [6.07, 6.45) is 8.57. The minimum atomic E-state index is -0.0823. The number of hydrogen-bond acceptors (Lipinski definition) is 4. The fraction of sp³-hybridized carbons (Fsp3) is 0.600. The third kappa shape index (κ3) is 7.19. The molecule has 0 spiro atoms. The Morgan fingerprint density at radius 3 is 2.42 bits per heavy atom. The number of nitrogens with zero attached hydrogens (tertiary/aromatic N) is 4. The molecule has 1 saturated carbocycles. The van der Waals surface area contributed by atoms with Crippen LogP contribution < -0.4 is 0 Å². The minimum absolute atomic E-state index is 0.0823. The van der Waals surface area contributed by atoms with Crippen molar-refractivity contribution >= 4 is 41.1 Å². The third-order valence-electron chi connectivity index (χ3n) is 6.88. The lowest BCUT2D eigenvalue weighted by Crippen LogP contribution is -2.47. The number of piperazine rings is 1. The Morgan fingerprint density at radius 1 is 0.939 bits per heavy atom. The summed E-state index contributed by atoms with van der Waals surface area (Å²) in [6, 6.07) is 6.14. The predicted octanol–water partition coefficient (Wildman–Crippen LogP) is 3.63. The Labute approximate surface area is 207 Å². The normalized spacial score (nSPS) is 21.1. The van der Waals surface area contributed by atoms with Crippen LogP contribution in [0.4, 0.5) is 0 Å². The molecule has 3 fully saturated rings. The number of unbranched alkanes of at least 4 members (excludes halogenated alkanes) is 1. The summed E-state index contributed by atoms with van der Waals surface area (Å²) >= 11 is 12.0. The van der Waals surface area contributed by atoms with E-state index in [1.165, 1.54) is 39.0 Å². The zero-order valence-electron chi connectivity index (χ0n) is 19.2. The molecule has 0 atom stereocenters. The van der Waals surface area contributed by atoms with Gasteiger partial charge in [0, 0.05) is 70.9 Å². The molecule has 33 heavy (non-hydrogen) atoms. The van der Waals surface area contributed by atoms with Crippen LogP contribution in [-0.2, 0) is 9.59 Å². The average Bonchev–Trinajstić information content (AvgIpc) is 3.67. The first-order chi connectivity index (χ1) is 16.0. The van der Waals surface area contributed by atoms with Gasteiger partial charge in [-0.1, -0.05) is 29.3 Å². The van der Waals surface area contributed by atoms with Crippen molar-refractivity contribution in [3.8, 4) is 0 Å². The molecule has 0 N–H and O–H groups in total. The van der Waals surface area contributed by atoms with E-state index in [4.69, 9.17) is 23.2 Å². The highest BCUT2D eigenvalue weighted by atomic mass is 35.5. The molecule has 2 amide bonds. The van der Waals surface area contributed by atoms with E-state index in [0.29, 0.717) is 36.1 Å². The Bertz CT molecular complexity index is 866. The highest BCUT2D eigenvalue weighted by molar-refractivity contribution is 6.42. The van der Waals surface area contributed by atoms with Gasteiger partial charge in [0.1, 0.15) is 0 Å². The summed E-state index contributed by atoms with van der Waals surface area (Å²) in [5.74, 6) is 0.0675. The quantitative estimate of drug-likeness (QED) is 0.410. The molecule has 2 saturated heterocycles. The summed E-state index contributed by atoms with van der Waals surface area (Å²) in [5.41, 5.74) is 0.819. The fourth-order valence-corrected chi connectivity index (χ4v) is 4.95. The van der Waals surface area contributed by atoms with Gasteiger partial charge in [-0.25, -0.2) is 0 Å². The van der Waals surface area contributed by atoms with Crippen LogP contribution in [0.5, 0.6) is 0 Å². The van der Waals surface area contributed by atoms with Gasteiger partial charge in [-0.2, -0.15) is 0 Å². The molecule has 0 radical (unpaired) electrons. The maximum atomic E-state index is 12.6. The van der Waals surface area contributed by atoms with Gasteiger partial charge < -0.3 is 14.7 Å². The van der Waals surface area contributed by atoms with Gasteiger partial charge >= 0.3 is 0 Å². The summed E-state index contributed by atoms with van der Waals surface area (Å²) in [7, 11) is 0. The van der Waals surface area contributed by atoms with Gasteiger partial charge in [0.15, 0.2) is 0 Å². The maximum Gasteiger partial charge on any atom is 0.246 e. The minimum Gasteiger partial charge on any atom is -0.341 e. The van der Waals surface area contributed by atoms with Gasteiger partial charge in [0.05, 0.1) is 10.0 Å². The molecule has 1 aliphatic carbocycles. The van der Waals surface area contributed by atoms with Crippen molar-refractivity contribution in [2.75, 3.05) is 58.9 Å². The Kier molecular flexibility index (Phi) is 8.69. The highest BCUT2D eigenvalue weighted by Crippen LogP contribution is 2.27. The second-order valence-corrected chi connectivity index (χ2v) is 10.1. The number of carbonyl (C=O) groups excluding carboxylic acids is 2. The van der Waals surface area contributed by atoms with Crippen LogP contribution in [0.3, 0.4) is 0 Å². The van der Waals surface area contributed by atoms with Gasteiger partial charge in [0.25, 0.3) is 0 Å². The molecule has 180 valence electrons. The molecule has 6 nitrogen and oxygen atoms in total. The fourth-order valence-electron chi connectivity index (χ4n) is 4.64. The van der Waals surface area contributed by atoms with Crippen LogP contribution in [-0.4, -0.2) is 96.4 Å². The molecule has 0 unspecified atom stereocenters. The van der Waals surface area contributed by atoms with Crippen LogP contribution in [0.25, 0.3) is 6.08 Å². The van der Waals surface area contributed by atoms with Crippen molar-refractivity contribution < 1.29 is 9.59 Å². The van der Waals surface area contributed by atoms with Crippen molar-refractivity contribution in [2.24, 2.45) is 0 Å². The summed E-state index contributed by atoms with van der Waals surface area (Å²) < 4.78 is 0. The van der Waals surface area contributed by atoms with Gasteiger partial charge in [0.2, 0.25) is 11.8 Å². The molecular weight excluding hydrogens is 459 g/mol. The number of halogens is 2. The van der Waals surface area contributed by atoms with Crippen LogP contribution in [0.2, 0.25) is 10.0 Å². The second kappa shape index (κ2) is 11.7. The number of rotatable bonds is 8. The number of carbonyl (C=O) groups is 2. The van der Waals surface area contributed by atoms with Gasteiger partial charge in [-0.3, -0.25) is 14.5 Å². The van der Waals surface area contributed by atoms with E-state index >= 15 is 0 Å². The third-order valence-corrected chi connectivity index (χ3v) is 7.62. The predicted molar refractivity (Wildman–Crippen MR) is 134 cm³/mol. The topological polar surface area (TPSA) is 47.1 Å². The zero-order chi connectivity index (χ0) is 23.2. The van der Waals surface area contributed by atoms with E-state index in [2.05, 4.69) is 9.80 Å². The monoisotopic (exact) mass is 492 g/mol. The molecule has 2 heterocycles. The average molecular weight is 493 g/mol. The van der Waals surface area contributed by atoms with E-state index in [1.54, 1.807) is 29.2 Å². The SMILES string of the molecule is O=C(C=Cc1ccc(Cl)c(Cl)c1)N1CCC(=O)N(CCCCN2CCN(C3CC3)CC2)CC1.